The molecule has 5 amide bonds. The van der Waals surface area contributed by atoms with Crippen LogP contribution in [0.15, 0.2) is 53.4 Å². The molecule has 1 heterocycles. The molecule has 2 aromatic carbocycles. The van der Waals surface area contributed by atoms with E-state index in [2.05, 4.69) is 16.0 Å². The van der Waals surface area contributed by atoms with Crippen molar-refractivity contribution in [2.45, 2.75) is 11.3 Å². The fourth-order valence-electron chi connectivity index (χ4n) is 2.63. The number of benzene rings is 2. The Bertz CT molecular complexity index is 934. The van der Waals surface area contributed by atoms with Gasteiger partial charge in [0.15, 0.2) is 0 Å². The van der Waals surface area contributed by atoms with Gasteiger partial charge in [0.2, 0.25) is 17.7 Å². The summed E-state index contributed by atoms with van der Waals surface area (Å²) in [6.07, 6.45) is -0.000428. The van der Waals surface area contributed by atoms with Gasteiger partial charge in [0, 0.05) is 34.3 Å². The number of thioether (sulfide) groups is 1. The molecule has 3 rings (SSSR count). The van der Waals surface area contributed by atoms with E-state index in [1.165, 1.54) is 11.8 Å². The topological polar surface area (TPSA) is 108 Å². The fraction of sp³-hybridized carbons (Fsp3) is 0.200. The summed E-state index contributed by atoms with van der Waals surface area (Å²) in [5, 5.41) is 8.52. The van der Waals surface area contributed by atoms with Crippen LogP contribution in [-0.2, 0) is 14.4 Å². The maximum Gasteiger partial charge on any atom is 0.324 e. The maximum absolute atomic E-state index is 12.1. The summed E-state index contributed by atoms with van der Waals surface area (Å²) in [4.78, 5) is 49.0. The van der Waals surface area contributed by atoms with Crippen LogP contribution in [0.3, 0.4) is 0 Å². The molecule has 30 heavy (non-hydrogen) atoms. The molecule has 0 saturated carbocycles. The van der Waals surface area contributed by atoms with Crippen molar-refractivity contribution in [3.63, 3.8) is 0 Å². The van der Waals surface area contributed by atoms with Gasteiger partial charge in [-0.2, -0.15) is 0 Å². The van der Waals surface area contributed by atoms with Crippen LogP contribution in [0.4, 0.5) is 16.2 Å². The van der Waals surface area contributed by atoms with Gasteiger partial charge in [0.1, 0.15) is 0 Å². The number of amides is 5. The molecule has 0 atom stereocenters. The van der Waals surface area contributed by atoms with Crippen molar-refractivity contribution in [1.29, 1.82) is 0 Å². The minimum Gasteiger partial charge on any atom is -0.329 e. The van der Waals surface area contributed by atoms with Crippen LogP contribution in [0.25, 0.3) is 0 Å². The van der Waals surface area contributed by atoms with Gasteiger partial charge in [-0.05, 0) is 48.5 Å². The first-order chi connectivity index (χ1) is 14.4. The number of hydrogen-bond acceptors (Lipinski definition) is 5. The van der Waals surface area contributed by atoms with Crippen molar-refractivity contribution in [1.82, 2.24) is 10.2 Å². The first-order valence-corrected chi connectivity index (χ1v) is 10.4. The van der Waals surface area contributed by atoms with E-state index in [9.17, 15) is 19.2 Å². The highest BCUT2D eigenvalue weighted by Gasteiger charge is 2.28. The van der Waals surface area contributed by atoms with Crippen LogP contribution in [0.2, 0.25) is 5.02 Å². The molecular weight excluding hydrogens is 428 g/mol. The van der Waals surface area contributed by atoms with E-state index in [-0.39, 0.29) is 43.0 Å². The highest BCUT2D eigenvalue weighted by Crippen LogP contribution is 2.21. The number of nitrogens with zero attached hydrogens (tertiary/aromatic N) is 1. The minimum atomic E-state index is -0.484. The first kappa shape index (κ1) is 21.7. The van der Waals surface area contributed by atoms with Crippen LogP contribution < -0.4 is 16.0 Å². The Morgan fingerprint density at radius 1 is 0.967 bits per heavy atom. The minimum absolute atomic E-state index is 0.000428. The van der Waals surface area contributed by atoms with Crippen molar-refractivity contribution in [3.05, 3.63) is 53.6 Å². The van der Waals surface area contributed by atoms with Gasteiger partial charge < -0.3 is 16.0 Å². The SMILES string of the molecule is O=C(CCN1C(=O)CNC1=O)Nc1ccc(NC(=O)CSc2ccc(Cl)cc2)cc1. The van der Waals surface area contributed by atoms with E-state index >= 15 is 0 Å². The second-order valence-corrected chi connectivity index (χ2v) is 7.86. The molecule has 10 heteroatoms. The molecule has 0 spiro atoms. The molecule has 1 aliphatic rings. The van der Waals surface area contributed by atoms with Crippen molar-refractivity contribution >= 4 is 58.5 Å². The molecule has 8 nitrogen and oxygen atoms in total. The standard InChI is InChI=1S/C20H19ClN4O4S/c21-13-1-7-16(8-2-13)30-12-18(27)24-15-5-3-14(4-6-15)23-17(26)9-10-25-19(28)11-22-20(25)29/h1-8H,9-12H2,(H,22,29)(H,23,26)(H,24,27). The van der Waals surface area contributed by atoms with Gasteiger partial charge >= 0.3 is 6.03 Å². The number of carbonyl (C=O) groups excluding carboxylic acids is 4. The largest absolute Gasteiger partial charge is 0.329 e. The Labute approximate surface area is 182 Å². The average molecular weight is 447 g/mol. The number of rotatable bonds is 8. The smallest absolute Gasteiger partial charge is 0.324 e. The van der Waals surface area contributed by atoms with Crippen LogP contribution in [0.5, 0.6) is 0 Å². The zero-order chi connectivity index (χ0) is 21.5. The van der Waals surface area contributed by atoms with Crippen molar-refractivity contribution < 1.29 is 19.2 Å². The summed E-state index contributed by atoms with van der Waals surface area (Å²) in [5.41, 5.74) is 1.15. The Balaban J connectivity index is 1.42. The zero-order valence-electron chi connectivity index (χ0n) is 15.8. The van der Waals surface area contributed by atoms with Gasteiger partial charge in [0.05, 0.1) is 12.3 Å². The lowest BCUT2D eigenvalue weighted by atomic mass is 10.2. The quantitative estimate of drug-likeness (QED) is 0.427. The van der Waals surface area contributed by atoms with E-state index in [0.29, 0.717) is 16.4 Å². The first-order valence-electron chi connectivity index (χ1n) is 9.07. The number of urea groups is 1. The molecule has 0 bridgehead atoms. The van der Waals surface area contributed by atoms with Gasteiger partial charge in [-0.3, -0.25) is 19.3 Å². The lowest BCUT2D eigenvalue weighted by Gasteiger charge is -2.12. The summed E-state index contributed by atoms with van der Waals surface area (Å²) in [5.74, 6) is -0.566. The van der Waals surface area contributed by atoms with E-state index in [1.54, 1.807) is 36.4 Å². The van der Waals surface area contributed by atoms with Crippen LogP contribution >= 0.6 is 23.4 Å². The van der Waals surface area contributed by atoms with Crippen LogP contribution in [0, 0.1) is 0 Å². The Hall–Kier alpha value is -3.04. The lowest BCUT2D eigenvalue weighted by Crippen LogP contribution is -2.33. The molecule has 0 aliphatic carbocycles. The summed E-state index contributed by atoms with van der Waals surface area (Å²) in [6, 6.07) is 13.4. The maximum atomic E-state index is 12.1. The molecule has 0 radical (unpaired) electrons. The third-order valence-electron chi connectivity index (χ3n) is 4.14. The molecule has 3 N–H and O–H groups in total. The Morgan fingerprint density at radius 2 is 1.57 bits per heavy atom. The van der Waals surface area contributed by atoms with E-state index < -0.39 is 6.03 Å². The molecule has 0 aromatic heterocycles. The van der Waals surface area contributed by atoms with Crippen molar-refractivity contribution in [3.8, 4) is 0 Å². The number of anilines is 2. The Kier molecular flexibility index (Phi) is 7.31. The molecule has 1 saturated heterocycles. The van der Waals surface area contributed by atoms with E-state index in [1.807, 2.05) is 12.1 Å². The summed E-state index contributed by atoms with van der Waals surface area (Å²) in [6.45, 7) is -0.0121. The average Bonchev–Trinajstić information content (AvgIpc) is 3.05. The Morgan fingerprint density at radius 3 is 2.13 bits per heavy atom. The van der Waals surface area contributed by atoms with Gasteiger partial charge in [-0.25, -0.2) is 4.79 Å². The molecule has 0 unspecified atom stereocenters. The third kappa shape index (κ3) is 6.23. The monoisotopic (exact) mass is 446 g/mol. The predicted octanol–water partition coefficient (Wildman–Crippen LogP) is 2.95. The number of carbonyl (C=O) groups is 4. The van der Waals surface area contributed by atoms with Gasteiger partial charge in [-0.15, -0.1) is 11.8 Å². The second-order valence-electron chi connectivity index (χ2n) is 6.37. The van der Waals surface area contributed by atoms with Crippen molar-refractivity contribution in [2.75, 3.05) is 29.5 Å². The zero-order valence-corrected chi connectivity index (χ0v) is 17.4. The summed E-state index contributed by atoms with van der Waals surface area (Å²) in [7, 11) is 0. The van der Waals surface area contributed by atoms with Crippen molar-refractivity contribution in [2.24, 2.45) is 0 Å². The fourth-order valence-corrected chi connectivity index (χ4v) is 3.46. The van der Waals surface area contributed by atoms with Gasteiger partial charge in [-0.1, -0.05) is 11.6 Å². The number of hydrogen-bond donors (Lipinski definition) is 3. The molecule has 156 valence electrons. The number of imide groups is 1. The highest BCUT2D eigenvalue weighted by atomic mass is 35.5. The van der Waals surface area contributed by atoms with E-state index in [4.69, 9.17) is 11.6 Å². The summed E-state index contributed by atoms with van der Waals surface area (Å²) < 4.78 is 0. The van der Waals surface area contributed by atoms with Crippen LogP contribution in [-0.4, -0.2) is 47.5 Å². The number of nitrogens with one attached hydrogen (secondary N) is 3. The normalized spacial score (nSPS) is 13.2. The van der Waals surface area contributed by atoms with Crippen LogP contribution in [0.1, 0.15) is 6.42 Å². The predicted molar refractivity (Wildman–Crippen MR) is 116 cm³/mol. The lowest BCUT2D eigenvalue weighted by molar-refractivity contribution is -0.125. The highest BCUT2D eigenvalue weighted by molar-refractivity contribution is 8.00. The second kappa shape index (κ2) is 10.1. The number of halogens is 1. The molecule has 2 aromatic rings. The molecular formula is C20H19ClN4O4S. The van der Waals surface area contributed by atoms with E-state index in [0.717, 1.165) is 9.80 Å². The summed E-state index contributed by atoms with van der Waals surface area (Å²) >= 11 is 7.24. The molecule has 1 fully saturated rings. The third-order valence-corrected chi connectivity index (χ3v) is 5.40. The molecule has 1 aliphatic heterocycles. The van der Waals surface area contributed by atoms with Gasteiger partial charge in [0.25, 0.3) is 0 Å².